The van der Waals surface area contributed by atoms with Crippen molar-refractivity contribution in [2.75, 3.05) is 19.8 Å². The molecule has 3 nitrogen and oxygen atoms in total. The van der Waals surface area contributed by atoms with Gasteiger partial charge in [0, 0.05) is 13.0 Å². The van der Waals surface area contributed by atoms with Crippen LogP contribution in [0.25, 0.3) is 0 Å². The van der Waals surface area contributed by atoms with Gasteiger partial charge in [-0.3, -0.25) is 4.79 Å². The summed E-state index contributed by atoms with van der Waals surface area (Å²) in [6.45, 7) is 1.93. The Balaban J connectivity index is 2.05. The van der Waals surface area contributed by atoms with Gasteiger partial charge >= 0.3 is 0 Å². The van der Waals surface area contributed by atoms with Crippen LogP contribution in [-0.4, -0.2) is 31.7 Å². The molecular weight excluding hydrogens is 144 g/mol. The lowest BCUT2D eigenvalue weighted by atomic mass is 9.90. The highest BCUT2D eigenvalue weighted by Crippen LogP contribution is 2.24. The largest absolute Gasteiger partial charge is 0.380 e. The molecular formula is C8H12O3. The summed E-state index contributed by atoms with van der Waals surface area (Å²) in [4.78, 5) is 11.3. The van der Waals surface area contributed by atoms with Crippen molar-refractivity contribution in [3.63, 3.8) is 0 Å². The molecule has 62 valence electrons. The molecule has 2 saturated heterocycles. The number of hydrogen-bond acceptors (Lipinski definition) is 3. The Morgan fingerprint density at radius 3 is 3.09 bits per heavy atom. The average Bonchev–Trinajstić information content (AvgIpc) is 2.06. The van der Waals surface area contributed by atoms with Gasteiger partial charge in [-0.05, 0) is 6.42 Å². The highest BCUT2D eigenvalue weighted by molar-refractivity contribution is 5.82. The van der Waals surface area contributed by atoms with E-state index >= 15 is 0 Å². The number of Topliss-reactive ketones (excluding diaryl/α,β-unsaturated/α-hetero) is 1. The van der Waals surface area contributed by atoms with Gasteiger partial charge < -0.3 is 9.47 Å². The maximum absolute atomic E-state index is 11.3. The van der Waals surface area contributed by atoms with E-state index in [9.17, 15) is 4.79 Å². The van der Waals surface area contributed by atoms with Crippen LogP contribution in [0.15, 0.2) is 0 Å². The Morgan fingerprint density at radius 1 is 1.36 bits per heavy atom. The van der Waals surface area contributed by atoms with E-state index in [0.29, 0.717) is 25.4 Å². The van der Waals surface area contributed by atoms with Gasteiger partial charge in [0.25, 0.3) is 0 Å². The molecule has 2 unspecified atom stereocenters. The van der Waals surface area contributed by atoms with E-state index in [2.05, 4.69) is 0 Å². The summed E-state index contributed by atoms with van der Waals surface area (Å²) < 4.78 is 10.7. The van der Waals surface area contributed by atoms with E-state index in [1.165, 1.54) is 0 Å². The Labute approximate surface area is 65.7 Å². The molecule has 0 aromatic rings. The van der Waals surface area contributed by atoms with E-state index in [4.69, 9.17) is 9.47 Å². The summed E-state index contributed by atoms with van der Waals surface area (Å²) in [5, 5.41) is 0. The zero-order valence-corrected chi connectivity index (χ0v) is 6.41. The van der Waals surface area contributed by atoms with Gasteiger partial charge in [-0.25, -0.2) is 0 Å². The van der Waals surface area contributed by atoms with Crippen molar-refractivity contribution < 1.29 is 14.3 Å². The maximum Gasteiger partial charge on any atom is 0.143 e. The predicted molar refractivity (Wildman–Crippen MR) is 38.3 cm³/mol. The van der Waals surface area contributed by atoms with Gasteiger partial charge in [0.05, 0.1) is 25.2 Å². The second-order valence-corrected chi connectivity index (χ2v) is 3.10. The van der Waals surface area contributed by atoms with E-state index in [1.54, 1.807) is 0 Å². The second kappa shape index (κ2) is 2.91. The molecule has 3 heteroatoms. The lowest BCUT2D eigenvalue weighted by Crippen LogP contribution is -2.43. The first-order valence-electron chi connectivity index (χ1n) is 4.10. The minimum Gasteiger partial charge on any atom is -0.380 e. The number of carbonyl (C=O) groups excluding carboxylic acids is 1. The van der Waals surface area contributed by atoms with Crippen molar-refractivity contribution >= 4 is 5.78 Å². The molecule has 11 heavy (non-hydrogen) atoms. The molecule has 2 atom stereocenters. The minimum atomic E-state index is 0.0394. The van der Waals surface area contributed by atoms with E-state index < -0.39 is 0 Å². The molecule has 2 aliphatic rings. The first kappa shape index (κ1) is 7.25. The second-order valence-electron chi connectivity index (χ2n) is 3.10. The summed E-state index contributed by atoms with van der Waals surface area (Å²) in [6.07, 6.45) is 1.62. The molecule has 0 radical (unpaired) electrons. The van der Waals surface area contributed by atoms with Crippen LogP contribution in [0.5, 0.6) is 0 Å². The quantitative estimate of drug-likeness (QED) is 0.508. The van der Waals surface area contributed by atoms with Crippen LogP contribution >= 0.6 is 0 Å². The molecule has 0 aromatic carbocycles. The molecule has 0 bridgehead atoms. The Kier molecular flexibility index (Phi) is 1.92. The molecule has 0 saturated carbocycles. The Morgan fingerprint density at radius 2 is 2.27 bits per heavy atom. The number of ketones is 1. The summed E-state index contributed by atoms with van der Waals surface area (Å²) in [6, 6.07) is 0. The van der Waals surface area contributed by atoms with E-state index in [0.717, 1.165) is 13.0 Å². The van der Waals surface area contributed by atoms with Crippen LogP contribution in [0, 0.1) is 5.92 Å². The van der Waals surface area contributed by atoms with Crippen molar-refractivity contribution in [1.29, 1.82) is 0 Å². The zero-order chi connectivity index (χ0) is 7.68. The third-order valence-corrected chi connectivity index (χ3v) is 2.39. The summed E-state index contributed by atoms with van der Waals surface area (Å²) in [5.41, 5.74) is 0. The number of fused-ring (bicyclic) bond motifs is 1. The third-order valence-electron chi connectivity index (χ3n) is 2.39. The maximum atomic E-state index is 11.3. The van der Waals surface area contributed by atoms with Gasteiger partial charge in [-0.15, -0.1) is 0 Å². The minimum absolute atomic E-state index is 0.0394. The van der Waals surface area contributed by atoms with Crippen molar-refractivity contribution in [2.45, 2.75) is 18.9 Å². The van der Waals surface area contributed by atoms with Gasteiger partial charge in [0.15, 0.2) is 0 Å². The molecule has 2 heterocycles. The lowest BCUT2D eigenvalue weighted by Gasteiger charge is -2.33. The van der Waals surface area contributed by atoms with E-state index in [1.807, 2.05) is 0 Å². The van der Waals surface area contributed by atoms with Crippen LogP contribution in [-0.2, 0) is 14.3 Å². The number of carbonyl (C=O) groups is 1. The molecule has 2 aliphatic heterocycles. The molecule has 2 fully saturated rings. The zero-order valence-electron chi connectivity index (χ0n) is 6.41. The summed E-state index contributed by atoms with van der Waals surface area (Å²) >= 11 is 0. The molecule has 0 aliphatic carbocycles. The van der Waals surface area contributed by atoms with Crippen LogP contribution in [0.3, 0.4) is 0 Å². The van der Waals surface area contributed by atoms with Crippen LogP contribution in [0.1, 0.15) is 12.8 Å². The van der Waals surface area contributed by atoms with Crippen molar-refractivity contribution in [2.24, 2.45) is 5.92 Å². The molecule has 0 spiro atoms. The third kappa shape index (κ3) is 1.30. The van der Waals surface area contributed by atoms with Crippen LogP contribution in [0.4, 0.5) is 0 Å². The molecule has 0 amide bonds. The Bertz CT molecular complexity index is 165. The first-order chi connectivity index (χ1) is 5.38. The van der Waals surface area contributed by atoms with Crippen molar-refractivity contribution in [3.8, 4) is 0 Å². The van der Waals surface area contributed by atoms with Crippen LogP contribution in [0.2, 0.25) is 0 Å². The highest BCUT2D eigenvalue weighted by atomic mass is 16.5. The van der Waals surface area contributed by atoms with Gasteiger partial charge in [-0.1, -0.05) is 0 Å². The SMILES string of the molecule is O=C1CCOC2CCOCC12. The average molecular weight is 156 g/mol. The number of ether oxygens (including phenoxy) is 2. The molecule has 0 aromatic heterocycles. The fraction of sp³-hybridized carbons (Fsp3) is 0.875. The highest BCUT2D eigenvalue weighted by Gasteiger charge is 2.34. The summed E-state index contributed by atoms with van der Waals surface area (Å²) in [7, 11) is 0. The van der Waals surface area contributed by atoms with E-state index in [-0.39, 0.29) is 12.0 Å². The standard InChI is InChI=1S/C8H12O3/c9-7-1-4-11-8-2-3-10-5-6(7)8/h6,8H,1-5H2. The monoisotopic (exact) mass is 156 g/mol. The van der Waals surface area contributed by atoms with Crippen molar-refractivity contribution in [1.82, 2.24) is 0 Å². The fourth-order valence-electron chi connectivity index (χ4n) is 1.71. The first-order valence-corrected chi connectivity index (χ1v) is 4.10. The number of hydrogen-bond donors (Lipinski definition) is 0. The van der Waals surface area contributed by atoms with Gasteiger partial charge in [0.1, 0.15) is 5.78 Å². The summed E-state index contributed by atoms with van der Waals surface area (Å²) in [5.74, 6) is 0.360. The van der Waals surface area contributed by atoms with Crippen LogP contribution < -0.4 is 0 Å². The Hall–Kier alpha value is -0.410. The lowest BCUT2D eigenvalue weighted by molar-refractivity contribution is -0.150. The smallest absolute Gasteiger partial charge is 0.143 e. The van der Waals surface area contributed by atoms with Gasteiger partial charge in [-0.2, -0.15) is 0 Å². The fourth-order valence-corrected chi connectivity index (χ4v) is 1.71. The molecule has 0 N–H and O–H groups in total. The predicted octanol–water partition coefficient (Wildman–Crippen LogP) is 0.381. The molecule has 2 rings (SSSR count). The topological polar surface area (TPSA) is 35.5 Å². The normalized spacial score (nSPS) is 38.4. The van der Waals surface area contributed by atoms with Crippen molar-refractivity contribution in [3.05, 3.63) is 0 Å². The van der Waals surface area contributed by atoms with Gasteiger partial charge in [0.2, 0.25) is 0 Å². The number of rotatable bonds is 0.